The number of thioether (sulfide) groups is 1. The highest BCUT2D eigenvalue weighted by Crippen LogP contribution is 2.39. The molecule has 0 spiro atoms. The summed E-state index contributed by atoms with van der Waals surface area (Å²) in [7, 11) is 0. The number of aliphatic hydroxyl groups is 1. The van der Waals surface area contributed by atoms with Crippen LogP contribution in [-0.4, -0.2) is 35.5 Å². The molecule has 136 valence electrons. The number of thiophene rings is 1. The molecule has 0 radical (unpaired) electrons. The van der Waals surface area contributed by atoms with E-state index in [-0.39, 0.29) is 13.2 Å². The third-order valence-corrected chi connectivity index (χ3v) is 5.70. The number of carbonyl (C=O) groups is 1. The number of benzene rings is 1. The van der Waals surface area contributed by atoms with Crippen molar-refractivity contribution in [1.29, 1.82) is 0 Å². The second-order valence-corrected chi connectivity index (χ2v) is 7.49. The number of hydroxylamine groups is 1. The van der Waals surface area contributed by atoms with Gasteiger partial charge >= 0.3 is 0 Å². The van der Waals surface area contributed by atoms with E-state index in [0.29, 0.717) is 21.3 Å². The van der Waals surface area contributed by atoms with Gasteiger partial charge in [0, 0.05) is 27.4 Å². The van der Waals surface area contributed by atoms with Gasteiger partial charge in [0.05, 0.1) is 29.6 Å². The van der Waals surface area contributed by atoms with E-state index in [1.807, 2.05) is 30.5 Å². The lowest BCUT2D eigenvalue weighted by Crippen LogP contribution is -2.24. The maximum Gasteiger partial charge on any atom is 0.287 e. The third-order valence-electron chi connectivity index (χ3n) is 3.49. The monoisotopic (exact) mass is 409 g/mol. The van der Waals surface area contributed by atoms with Gasteiger partial charge in [-0.1, -0.05) is 11.6 Å². The molecule has 3 aromatic rings. The molecule has 0 bridgehead atoms. The largest absolute Gasteiger partial charge is 0.394 e. The summed E-state index contributed by atoms with van der Waals surface area (Å²) < 4.78 is 0.909. The van der Waals surface area contributed by atoms with E-state index in [2.05, 4.69) is 15.8 Å². The Labute approximate surface area is 163 Å². The molecule has 0 unspecified atom stereocenters. The van der Waals surface area contributed by atoms with Crippen LogP contribution in [0.15, 0.2) is 41.6 Å². The standard InChI is InChI=1S/C17H16ClN3O3S2/c1-25-10-2-3-13(12(18)8-10)20-15-11-9-19-5-4-14(11)26-16(15)17(23)21-24-7-6-22/h2-5,8-9,20,22H,6-7H2,1H3,(H,21,23). The molecule has 0 saturated carbocycles. The number of anilines is 2. The maximum atomic E-state index is 12.5. The number of halogens is 1. The van der Waals surface area contributed by atoms with E-state index in [1.165, 1.54) is 11.3 Å². The summed E-state index contributed by atoms with van der Waals surface area (Å²) in [5, 5.41) is 13.4. The van der Waals surface area contributed by atoms with Crippen molar-refractivity contribution in [3.63, 3.8) is 0 Å². The molecule has 0 aliphatic rings. The lowest BCUT2D eigenvalue weighted by atomic mass is 10.2. The van der Waals surface area contributed by atoms with Crippen LogP contribution < -0.4 is 10.8 Å². The van der Waals surface area contributed by atoms with Crippen LogP contribution in [0.25, 0.3) is 10.1 Å². The SMILES string of the molecule is CSc1ccc(Nc2c(C(=O)NOCCO)sc3ccncc23)c(Cl)c1. The van der Waals surface area contributed by atoms with E-state index in [4.69, 9.17) is 21.5 Å². The second-order valence-electron chi connectivity index (χ2n) is 5.15. The average molecular weight is 410 g/mol. The minimum Gasteiger partial charge on any atom is -0.394 e. The van der Waals surface area contributed by atoms with Crippen molar-refractivity contribution in [3.05, 3.63) is 46.6 Å². The molecule has 0 aliphatic heterocycles. The zero-order chi connectivity index (χ0) is 18.5. The van der Waals surface area contributed by atoms with Gasteiger partial charge in [-0.05, 0) is 30.5 Å². The van der Waals surface area contributed by atoms with Crippen LogP contribution in [0.4, 0.5) is 11.4 Å². The summed E-state index contributed by atoms with van der Waals surface area (Å²) in [5.74, 6) is -0.404. The van der Waals surface area contributed by atoms with Crippen molar-refractivity contribution >= 4 is 62.1 Å². The van der Waals surface area contributed by atoms with Crippen LogP contribution in [0.2, 0.25) is 5.02 Å². The fourth-order valence-electron chi connectivity index (χ4n) is 2.29. The van der Waals surface area contributed by atoms with Crippen LogP contribution in [0.3, 0.4) is 0 Å². The van der Waals surface area contributed by atoms with Gasteiger partial charge < -0.3 is 10.4 Å². The highest BCUT2D eigenvalue weighted by atomic mass is 35.5. The molecule has 0 fully saturated rings. The molecule has 26 heavy (non-hydrogen) atoms. The fourth-order valence-corrected chi connectivity index (χ4v) is 4.04. The van der Waals surface area contributed by atoms with E-state index < -0.39 is 5.91 Å². The Hall–Kier alpha value is -1.84. The van der Waals surface area contributed by atoms with Crippen molar-refractivity contribution in [2.45, 2.75) is 4.90 Å². The Kier molecular flexibility index (Phi) is 6.33. The fraction of sp³-hybridized carbons (Fsp3) is 0.176. The Balaban J connectivity index is 1.98. The van der Waals surface area contributed by atoms with Gasteiger partial charge in [0.25, 0.3) is 5.91 Å². The average Bonchev–Trinajstić information content (AvgIpc) is 3.02. The first-order valence-electron chi connectivity index (χ1n) is 7.64. The van der Waals surface area contributed by atoms with Crippen LogP contribution in [0, 0.1) is 0 Å². The number of aliphatic hydroxyl groups excluding tert-OH is 1. The normalized spacial score (nSPS) is 10.9. The van der Waals surface area contributed by atoms with Crippen molar-refractivity contribution in [2.24, 2.45) is 0 Å². The summed E-state index contributed by atoms with van der Waals surface area (Å²) in [5.41, 5.74) is 3.64. The molecule has 1 amide bonds. The Bertz CT molecular complexity index is 933. The molecule has 0 aliphatic carbocycles. The molecular weight excluding hydrogens is 394 g/mol. The minimum atomic E-state index is -0.404. The minimum absolute atomic E-state index is 0.0168. The summed E-state index contributed by atoms with van der Waals surface area (Å²) in [4.78, 5) is 23.1. The van der Waals surface area contributed by atoms with Gasteiger partial charge in [0.1, 0.15) is 4.88 Å². The van der Waals surface area contributed by atoms with E-state index >= 15 is 0 Å². The number of pyridine rings is 1. The van der Waals surface area contributed by atoms with Crippen molar-refractivity contribution < 1.29 is 14.7 Å². The van der Waals surface area contributed by atoms with Crippen LogP contribution in [0.5, 0.6) is 0 Å². The van der Waals surface area contributed by atoms with E-state index in [0.717, 1.165) is 15.0 Å². The smallest absolute Gasteiger partial charge is 0.287 e. The first kappa shape index (κ1) is 18.9. The molecular formula is C17H16ClN3O3S2. The maximum absolute atomic E-state index is 12.5. The van der Waals surface area contributed by atoms with Gasteiger partial charge in [0.15, 0.2) is 0 Å². The van der Waals surface area contributed by atoms with Crippen LogP contribution in [-0.2, 0) is 4.84 Å². The van der Waals surface area contributed by atoms with E-state index in [1.54, 1.807) is 24.2 Å². The quantitative estimate of drug-likeness (QED) is 0.310. The molecule has 2 heterocycles. The summed E-state index contributed by atoms with van der Waals surface area (Å²) in [6, 6.07) is 7.54. The molecule has 6 nitrogen and oxygen atoms in total. The predicted octanol–water partition coefficient (Wildman–Crippen LogP) is 4.07. The number of hydrogen-bond donors (Lipinski definition) is 3. The van der Waals surface area contributed by atoms with Gasteiger partial charge in [-0.3, -0.25) is 14.6 Å². The first-order valence-corrected chi connectivity index (χ1v) is 10.1. The highest BCUT2D eigenvalue weighted by Gasteiger charge is 2.20. The number of fused-ring (bicyclic) bond motifs is 1. The van der Waals surface area contributed by atoms with Crippen molar-refractivity contribution in [2.75, 3.05) is 24.8 Å². The van der Waals surface area contributed by atoms with Gasteiger partial charge in [-0.15, -0.1) is 23.1 Å². The molecule has 0 saturated heterocycles. The molecule has 9 heteroatoms. The molecule has 0 atom stereocenters. The highest BCUT2D eigenvalue weighted by molar-refractivity contribution is 7.98. The second kappa shape index (κ2) is 8.70. The third kappa shape index (κ3) is 4.11. The predicted molar refractivity (Wildman–Crippen MR) is 107 cm³/mol. The number of hydrogen-bond acceptors (Lipinski definition) is 7. The van der Waals surface area contributed by atoms with Gasteiger partial charge in [0.2, 0.25) is 0 Å². The Morgan fingerprint density at radius 3 is 3.00 bits per heavy atom. The zero-order valence-electron chi connectivity index (χ0n) is 13.8. The molecule has 2 aromatic heterocycles. The number of nitrogens with one attached hydrogen (secondary N) is 2. The van der Waals surface area contributed by atoms with Crippen molar-refractivity contribution in [1.82, 2.24) is 10.5 Å². The van der Waals surface area contributed by atoms with E-state index in [9.17, 15) is 4.79 Å². The number of amides is 1. The summed E-state index contributed by atoms with van der Waals surface area (Å²) >= 11 is 9.29. The molecule has 3 rings (SSSR count). The number of nitrogens with zero attached hydrogens (tertiary/aromatic N) is 1. The number of aromatic nitrogens is 1. The Morgan fingerprint density at radius 2 is 2.27 bits per heavy atom. The zero-order valence-corrected chi connectivity index (χ0v) is 16.2. The first-order chi connectivity index (χ1) is 12.6. The molecule has 1 aromatic carbocycles. The number of rotatable bonds is 7. The summed E-state index contributed by atoms with van der Waals surface area (Å²) in [6.45, 7) is -0.165. The van der Waals surface area contributed by atoms with Crippen molar-refractivity contribution in [3.8, 4) is 0 Å². The lowest BCUT2D eigenvalue weighted by Gasteiger charge is -2.11. The molecule has 3 N–H and O–H groups in total. The van der Waals surface area contributed by atoms with Crippen LogP contribution >= 0.6 is 34.7 Å². The topological polar surface area (TPSA) is 83.5 Å². The summed E-state index contributed by atoms with van der Waals surface area (Å²) in [6.07, 6.45) is 5.35. The van der Waals surface area contributed by atoms with Gasteiger partial charge in [-0.2, -0.15) is 0 Å². The number of carbonyl (C=O) groups excluding carboxylic acids is 1. The van der Waals surface area contributed by atoms with Gasteiger partial charge in [-0.25, -0.2) is 5.48 Å². The van der Waals surface area contributed by atoms with Crippen LogP contribution in [0.1, 0.15) is 9.67 Å². The lowest BCUT2D eigenvalue weighted by molar-refractivity contribution is 0.0172. The Morgan fingerprint density at radius 1 is 1.42 bits per heavy atom.